The van der Waals surface area contributed by atoms with Gasteiger partial charge in [-0.25, -0.2) is 4.79 Å². The normalized spacial score (nSPS) is 22.1. The van der Waals surface area contributed by atoms with E-state index < -0.39 is 0 Å². The van der Waals surface area contributed by atoms with Gasteiger partial charge in [0.05, 0.1) is 0 Å². The maximum atomic E-state index is 11.3. The summed E-state index contributed by atoms with van der Waals surface area (Å²) in [4.78, 5) is 11.3. The zero-order valence-corrected chi connectivity index (χ0v) is 8.51. The number of urea groups is 1. The Morgan fingerprint density at radius 1 is 1.57 bits per heavy atom. The molecule has 0 aromatic carbocycles. The second-order valence-electron chi connectivity index (χ2n) is 3.54. The van der Waals surface area contributed by atoms with Crippen LogP contribution in [0, 0.1) is 0 Å². The predicted octanol–water partition coefficient (Wildman–Crippen LogP) is 0.614. The fourth-order valence-electron chi connectivity index (χ4n) is 1.54. The van der Waals surface area contributed by atoms with Crippen LogP contribution in [0.5, 0.6) is 0 Å². The summed E-state index contributed by atoms with van der Waals surface area (Å²) in [5.74, 6) is 0. The molecule has 4 heteroatoms. The molecule has 1 heterocycles. The van der Waals surface area contributed by atoms with Crippen molar-refractivity contribution in [1.82, 2.24) is 16.0 Å². The predicted molar refractivity (Wildman–Crippen MR) is 57.2 cm³/mol. The first-order valence-electron chi connectivity index (χ1n) is 5.19. The van der Waals surface area contributed by atoms with E-state index in [0.717, 1.165) is 19.5 Å². The summed E-state index contributed by atoms with van der Waals surface area (Å²) in [6.07, 6.45) is 5.12. The molecular weight excluding hydrogens is 178 g/mol. The molecule has 1 aliphatic rings. The Hall–Kier alpha value is -1.03. The lowest BCUT2D eigenvalue weighted by Crippen LogP contribution is -2.45. The molecule has 0 bridgehead atoms. The molecule has 80 valence electrons. The van der Waals surface area contributed by atoms with Gasteiger partial charge in [0.15, 0.2) is 0 Å². The third-order valence-electron chi connectivity index (χ3n) is 2.29. The van der Waals surface area contributed by atoms with E-state index in [1.54, 1.807) is 6.08 Å². The average molecular weight is 197 g/mol. The highest BCUT2D eigenvalue weighted by atomic mass is 16.2. The molecule has 0 radical (unpaired) electrons. The molecule has 1 fully saturated rings. The molecule has 1 rings (SSSR count). The SMILES string of the molecule is C=CCNC(=O)NC1CCCCNC1. The van der Waals surface area contributed by atoms with E-state index in [9.17, 15) is 4.79 Å². The van der Waals surface area contributed by atoms with Crippen LogP contribution < -0.4 is 16.0 Å². The van der Waals surface area contributed by atoms with E-state index >= 15 is 0 Å². The maximum absolute atomic E-state index is 11.3. The highest BCUT2D eigenvalue weighted by molar-refractivity contribution is 5.74. The van der Waals surface area contributed by atoms with Crippen molar-refractivity contribution >= 4 is 6.03 Å². The molecule has 0 aliphatic carbocycles. The van der Waals surface area contributed by atoms with E-state index in [1.807, 2.05) is 0 Å². The van der Waals surface area contributed by atoms with Crippen LogP contribution in [-0.4, -0.2) is 31.7 Å². The summed E-state index contributed by atoms with van der Waals surface area (Å²) in [5.41, 5.74) is 0. The van der Waals surface area contributed by atoms with E-state index in [2.05, 4.69) is 22.5 Å². The van der Waals surface area contributed by atoms with Gasteiger partial charge in [0.2, 0.25) is 0 Å². The topological polar surface area (TPSA) is 53.2 Å². The van der Waals surface area contributed by atoms with Crippen LogP contribution in [0.1, 0.15) is 19.3 Å². The fourth-order valence-corrected chi connectivity index (χ4v) is 1.54. The molecule has 14 heavy (non-hydrogen) atoms. The maximum Gasteiger partial charge on any atom is 0.315 e. The zero-order chi connectivity index (χ0) is 10.2. The molecule has 0 aromatic rings. The van der Waals surface area contributed by atoms with Gasteiger partial charge in [-0.1, -0.05) is 12.5 Å². The van der Waals surface area contributed by atoms with Crippen LogP contribution in [-0.2, 0) is 0 Å². The Morgan fingerprint density at radius 2 is 2.43 bits per heavy atom. The monoisotopic (exact) mass is 197 g/mol. The summed E-state index contributed by atoms with van der Waals surface area (Å²) >= 11 is 0. The molecule has 1 saturated heterocycles. The van der Waals surface area contributed by atoms with E-state index in [4.69, 9.17) is 0 Å². The van der Waals surface area contributed by atoms with Crippen molar-refractivity contribution in [3.05, 3.63) is 12.7 Å². The highest BCUT2D eigenvalue weighted by Crippen LogP contribution is 2.03. The lowest BCUT2D eigenvalue weighted by molar-refractivity contribution is 0.237. The third-order valence-corrected chi connectivity index (χ3v) is 2.29. The second kappa shape index (κ2) is 6.43. The summed E-state index contributed by atoms with van der Waals surface area (Å²) in [6, 6.07) is 0.168. The summed E-state index contributed by atoms with van der Waals surface area (Å²) in [7, 11) is 0. The number of carbonyl (C=O) groups excluding carboxylic acids is 1. The van der Waals surface area contributed by atoms with Crippen molar-refractivity contribution < 1.29 is 4.79 Å². The Labute approximate surface area is 85.1 Å². The van der Waals surface area contributed by atoms with Crippen molar-refractivity contribution in [2.75, 3.05) is 19.6 Å². The average Bonchev–Trinajstić information content (AvgIpc) is 2.43. The first-order valence-corrected chi connectivity index (χ1v) is 5.19. The lowest BCUT2D eigenvalue weighted by atomic mass is 10.1. The third kappa shape index (κ3) is 4.28. The van der Waals surface area contributed by atoms with Crippen molar-refractivity contribution in [3.8, 4) is 0 Å². The molecule has 2 amide bonds. The van der Waals surface area contributed by atoms with Gasteiger partial charge in [-0.3, -0.25) is 0 Å². The van der Waals surface area contributed by atoms with Crippen molar-refractivity contribution in [3.63, 3.8) is 0 Å². The van der Waals surface area contributed by atoms with Gasteiger partial charge >= 0.3 is 6.03 Å². The fraction of sp³-hybridized carbons (Fsp3) is 0.700. The summed E-state index contributed by atoms with van der Waals surface area (Å²) < 4.78 is 0. The molecule has 1 atom stereocenters. The number of hydrogen-bond acceptors (Lipinski definition) is 2. The van der Waals surface area contributed by atoms with Gasteiger partial charge < -0.3 is 16.0 Å². The highest BCUT2D eigenvalue weighted by Gasteiger charge is 2.13. The lowest BCUT2D eigenvalue weighted by Gasteiger charge is -2.16. The smallest absolute Gasteiger partial charge is 0.315 e. The van der Waals surface area contributed by atoms with Gasteiger partial charge in [0, 0.05) is 19.1 Å². The Balaban J connectivity index is 2.20. The van der Waals surface area contributed by atoms with Gasteiger partial charge in [0.25, 0.3) is 0 Å². The van der Waals surface area contributed by atoms with Crippen LogP contribution in [0.3, 0.4) is 0 Å². The van der Waals surface area contributed by atoms with Gasteiger partial charge in [-0.05, 0) is 19.4 Å². The molecule has 4 nitrogen and oxygen atoms in total. The molecule has 1 aliphatic heterocycles. The van der Waals surface area contributed by atoms with Crippen LogP contribution >= 0.6 is 0 Å². The molecule has 3 N–H and O–H groups in total. The quantitative estimate of drug-likeness (QED) is 0.581. The minimum absolute atomic E-state index is 0.0985. The number of hydrogen-bond donors (Lipinski definition) is 3. The first-order chi connectivity index (χ1) is 6.83. The molecular formula is C10H19N3O. The summed E-state index contributed by atoms with van der Waals surface area (Å²) in [6.45, 7) is 6.00. The van der Waals surface area contributed by atoms with Crippen LogP contribution in [0.2, 0.25) is 0 Å². The number of carbonyl (C=O) groups is 1. The van der Waals surface area contributed by atoms with Gasteiger partial charge in [0.1, 0.15) is 0 Å². The molecule has 0 spiro atoms. The van der Waals surface area contributed by atoms with Crippen LogP contribution in [0.4, 0.5) is 4.79 Å². The zero-order valence-electron chi connectivity index (χ0n) is 8.51. The summed E-state index contributed by atoms with van der Waals surface area (Å²) in [5, 5.41) is 8.93. The van der Waals surface area contributed by atoms with Crippen molar-refractivity contribution in [2.45, 2.75) is 25.3 Å². The largest absolute Gasteiger partial charge is 0.335 e. The minimum Gasteiger partial charge on any atom is -0.335 e. The molecule has 0 saturated carbocycles. The Bertz CT molecular complexity index is 186. The molecule has 1 unspecified atom stereocenters. The number of amides is 2. The first kappa shape index (κ1) is 11.0. The van der Waals surface area contributed by atoms with Crippen molar-refractivity contribution in [1.29, 1.82) is 0 Å². The van der Waals surface area contributed by atoms with Crippen LogP contribution in [0.25, 0.3) is 0 Å². The van der Waals surface area contributed by atoms with Crippen LogP contribution in [0.15, 0.2) is 12.7 Å². The number of nitrogens with one attached hydrogen (secondary N) is 3. The van der Waals surface area contributed by atoms with E-state index in [0.29, 0.717) is 6.54 Å². The Morgan fingerprint density at radius 3 is 3.21 bits per heavy atom. The number of rotatable bonds is 3. The van der Waals surface area contributed by atoms with Gasteiger partial charge in [-0.15, -0.1) is 6.58 Å². The van der Waals surface area contributed by atoms with Crippen molar-refractivity contribution in [2.24, 2.45) is 0 Å². The van der Waals surface area contributed by atoms with E-state index in [1.165, 1.54) is 12.8 Å². The van der Waals surface area contributed by atoms with Gasteiger partial charge in [-0.2, -0.15) is 0 Å². The second-order valence-corrected chi connectivity index (χ2v) is 3.54. The minimum atomic E-state index is -0.0985. The standard InChI is InChI=1S/C10H19N3O/c1-2-6-12-10(14)13-9-5-3-4-7-11-8-9/h2,9,11H,1,3-8H2,(H2,12,13,14). The molecule has 0 aromatic heterocycles. The Kier molecular flexibility index (Phi) is 5.07. The van der Waals surface area contributed by atoms with E-state index in [-0.39, 0.29) is 12.1 Å².